The van der Waals surface area contributed by atoms with E-state index in [0.717, 1.165) is 5.82 Å². The van der Waals surface area contributed by atoms with E-state index < -0.39 is 0 Å². The first-order chi connectivity index (χ1) is 4.86. The smallest absolute Gasteiger partial charge is 0.100 e. The van der Waals surface area contributed by atoms with E-state index in [-0.39, 0.29) is 7.92 Å². The summed E-state index contributed by atoms with van der Waals surface area (Å²) in [7, 11) is -0.0536. The van der Waals surface area contributed by atoms with Crippen LogP contribution in [0.2, 0.25) is 0 Å². The minimum Gasteiger partial charge on any atom is -0.351 e. The Bertz CT molecular complexity index is 264. The quantitative estimate of drug-likeness (QED) is 0.415. The van der Waals surface area contributed by atoms with Gasteiger partial charge in [-0.1, -0.05) is 6.66 Å². The van der Waals surface area contributed by atoms with Crippen molar-refractivity contribution in [2.45, 2.75) is 0 Å². The van der Waals surface area contributed by atoms with Crippen molar-refractivity contribution in [3.05, 3.63) is 24.0 Å². The maximum absolute atomic E-state index is 4.13. The highest BCUT2D eigenvalue weighted by Gasteiger charge is 1.98. The molecule has 1 aromatic heterocycles. The summed E-state index contributed by atoms with van der Waals surface area (Å²) in [6.45, 7) is 2.21. The van der Waals surface area contributed by atoms with Gasteiger partial charge in [0.2, 0.25) is 0 Å². The zero-order valence-corrected chi connectivity index (χ0v) is 6.60. The van der Waals surface area contributed by atoms with Crippen LogP contribution in [-0.2, 0) is 0 Å². The summed E-state index contributed by atoms with van der Waals surface area (Å²) >= 11 is 0. The first-order valence-corrected chi connectivity index (χ1v) is 5.07. The Morgan fingerprint density at radius 1 is 1.70 bits per heavy atom. The predicted octanol–water partition coefficient (Wildman–Crippen LogP) is 0.176. The molecule has 10 heavy (non-hydrogen) atoms. The Labute approximate surface area is 61.1 Å². The molecule has 1 aliphatic heterocycles. The van der Waals surface area contributed by atoms with Gasteiger partial charge in [0.15, 0.2) is 0 Å². The van der Waals surface area contributed by atoms with Crippen LogP contribution in [0.25, 0.3) is 0 Å². The van der Waals surface area contributed by atoms with Gasteiger partial charge in [0.05, 0.1) is 0 Å². The molecule has 0 saturated carbocycles. The first kappa shape index (κ1) is 5.99. The van der Waals surface area contributed by atoms with Crippen molar-refractivity contribution in [3.63, 3.8) is 0 Å². The summed E-state index contributed by atoms with van der Waals surface area (Å²) in [5.74, 6) is 3.10. The lowest BCUT2D eigenvalue weighted by Crippen LogP contribution is -2.62. The van der Waals surface area contributed by atoms with Gasteiger partial charge in [0, 0.05) is 12.2 Å². The average molecular weight is 151 g/mol. The molecule has 3 heteroatoms. The van der Waals surface area contributed by atoms with Crippen molar-refractivity contribution in [1.29, 1.82) is 0 Å². The van der Waals surface area contributed by atoms with Gasteiger partial charge < -0.3 is 4.99 Å². The van der Waals surface area contributed by atoms with Gasteiger partial charge in [-0.05, 0) is 0 Å². The molecule has 0 radical (unpaired) electrons. The van der Waals surface area contributed by atoms with Crippen LogP contribution >= 0.6 is 7.92 Å². The molecule has 1 aliphatic rings. The molecule has 0 aliphatic carbocycles. The van der Waals surface area contributed by atoms with Crippen molar-refractivity contribution >= 4 is 19.7 Å². The molecule has 1 unspecified atom stereocenters. The van der Waals surface area contributed by atoms with Crippen LogP contribution < -0.4 is 4.99 Å². The van der Waals surface area contributed by atoms with E-state index in [9.17, 15) is 0 Å². The monoisotopic (exact) mass is 151 g/mol. The number of nitrogens with one attached hydrogen (secondary N) is 1. The Balaban J connectivity index is 2.43. The van der Waals surface area contributed by atoms with Crippen molar-refractivity contribution in [2.24, 2.45) is 0 Å². The highest BCUT2D eigenvalue weighted by Crippen LogP contribution is 2.36. The lowest BCUT2D eigenvalue weighted by molar-refractivity contribution is -0.350. The van der Waals surface area contributed by atoms with Gasteiger partial charge in [-0.3, -0.25) is 11.7 Å². The third-order valence-corrected chi connectivity index (χ3v) is 2.70. The number of hydrogen-bond donors (Lipinski definition) is 1. The molecule has 1 aromatic rings. The number of aromatic nitrogens is 1. The van der Waals surface area contributed by atoms with E-state index in [1.165, 1.54) is 5.56 Å². The summed E-state index contributed by atoms with van der Waals surface area (Å²) in [5, 5.41) is 0. The minimum absolute atomic E-state index is 0.0536. The van der Waals surface area contributed by atoms with Gasteiger partial charge in [-0.25, -0.2) is 11.1 Å². The van der Waals surface area contributed by atoms with E-state index >= 15 is 0 Å². The minimum atomic E-state index is -0.0536. The maximum atomic E-state index is 4.13. The molecular formula is C7H8N2P-. The zero-order chi connectivity index (χ0) is 6.97. The van der Waals surface area contributed by atoms with Crippen molar-refractivity contribution in [2.75, 3.05) is 6.66 Å². The molecule has 0 bridgehead atoms. The molecule has 0 saturated heterocycles. The highest BCUT2D eigenvalue weighted by atomic mass is 31.1. The number of fused-ring (bicyclic) bond motifs is 1. The Hall–Kier alpha value is -0.750. The average Bonchev–Trinajstić information content (AvgIpc) is 2.33. The SMILES string of the molecule is CP1C=[NH+]c2nc[cH-]c2[CH-]1. The summed E-state index contributed by atoms with van der Waals surface area (Å²) in [4.78, 5) is 7.28. The number of nitrogens with zero attached hydrogens (tertiary/aromatic N) is 1. The van der Waals surface area contributed by atoms with Crippen LogP contribution in [0, 0.1) is 6.16 Å². The van der Waals surface area contributed by atoms with E-state index in [0.29, 0.717) is 0 Å². The molecule has 1 N–H and O–H groups in total. The van der Waals surface area contributed by atoms with E-state index in [1.807, 2.05) is 12.3 Å². The molecule has 2 nitrogen and oxygen atoms in total. The molecule has 0 amide bonds. The Morgan fingerprint density at radius 3 is 3.50 bits per heavy atom. The second kappa shape index (κ2) is 2.14. The van der Waals surface area contributed by atoms with E-state index in [2.05, 4.69) is 28.8 Å². The molecular weight excluding hydrogens is 143 g/mol. The molecule has 1 atom stereocenters. The highest BCUT2D eigenvalue weighted by molar-refractivity contribution is 7.73. The molecule has 2 heterocycles. The van der Waals surface area contributed by atoms with Crippen LogP contribution in [-0.4, -0.2) is 17.6 Å². The van der Waals surface area contributed by atoms with Gasteiger partial charge >= 0.3 is 0 Å². The summed E-state index contributed by atoms with van der Waals surface area (Å²) in [5.41, 5.74) is 1.25. The maximum Gasteiger partial charge on any atom is 0.100 e. The number of rotatable bonds is 0. The van der Waals surface area contributed by atoms with Crippen LogP contribution in [0.15, 0.2) is 12.3 Å². The van der Waals surface area contributed by atoms with Crippen LogP contribution in [0.3, 0.4) is 0 Å². The van der Waals surface area contributed by atoms with Gasteiger partial charge in [-0.15, -0.1) is 7.92 Å². The fourth-order valence-corrected chi connectivity index (χ4v) is 2.04. The normalized spacial score (nSPS) is 21.9. The Kier molecular flexibility index (Phi) is 1.28. The topological polar surface area (TPSA) is 26.9 Å². The van der Waals surface area contributed by atoms with Crippen molar-refractivity contribution in [3.8, 4) is 0 Å². The summed E-state index contributed by atoms with van der Waals surface area (Å²) in [6, 6.07) is 2.04. The van der Waals surface area contributed by atoms with Crippen molar-refractivity contribution in [1.82, 2.24) is 4.98 Å². The van der Waals surface area contributed by atoms with Crippen molar-refractivity contribution < 1.29 is 4.99 Å². The molecule has 0 aromatic carbocycles. The second-order valence-corrected chi connectivity index (χ2v) is 4.16. The zero-order valence-electron chi connectivity index (χ0n) is 5.70. The summed E-state index contributed by atoms with van der Waals surface area (Å²) in [6.07, 6.45) is 4.09. The Morgan fingerprint density at radius 2 is 2.60 bits per heavy atom. The third kappa shape index (κ3) is 0.850. The largest absolute Gasteiger partial charge is 0.351 e. The van der Waals surface area contributed by atoms with Crippen LogP contribution in [0.4, 0.5) is 5.82 Å². The molecule has 52 valence electrons. The predicted molar refractivity (Wildman–Crippen MR) is 42.8 cm³/mol. The van der Waals surface area contributed by atoms with Gasteiger partial charge in [0.25, 0.3) is 0 Å². The first-order valence-electron chi connectivity index (χ1n) is 3.14. The third-order valence-electron chi connectivity index (χ3n) is 1.48. The molecule has 2 rings (SSSR count). The fraction of sp³-hybridized carbons (Fsp3) is 0.143. The fourth-order valence-electron chi connectivity index (χ4n) is 0.990. The van der Waals surface area contributed by atoms with Crippen LogP contribution in [0.1, 0.15) is 5.56 Å². The lowest BCUT2D eigenvalue weighted by Gasteiger charge is -2.23. The van der Waals surface area contributed by atoms with E-state index in [4.69, 9.17) is 0 Å². The van der Waals surface area contributed by atoms with Gasteiger partial charge in [-0.2, -0.15) is 0 Å². The van der Waals surface area contributed by atoms with Crippen LogP contribution in [0.5, 0.6) is 0 Å². The van der Waals surface area contributed by atoms with E-state index in [1.54, 1.807) is 0 Å². The van der Waals surface area contributed by atoms with Gasteiger partial charge in [0.1, 0.15) is 5.82 Å². The standard InChI is InChI=1S/C7H7N2P/c1-10-4-6-2-3-8-7(6)9-5-10/h2-5H,1H3/q-2/p+1. The second-order valence-electron chi connectivity index (χ2n) is 2.32. The number of hydrogen-bond acceptors (Lipinski definition) is 1. The lowest BCUT2D eigenvalue weighted by atomic mass is 10.3. The molecule has 0 spiro atoms. The summed E-state index contributed by atoms with van der Waals surface area (Å²) < 4.78 is 0. The molecule has 0 fully saturated rings.